The van der Waals surface area contributed by atoms with E-state index in [1.807, 2.05) is 35.2 Å². The van der Waals surface area contributed by atoms with Gasteiger partial charge in [0, 0.05) is 31.7 Å². The topological polar surface area (TPSA) is 78.5 Å². The first-order valence-corrected chi connectivity index (χ1v) is 10.9. The Morgan fingerprint density at radius 1 is 0.871 bits per heavy atom. The minimum Gasteiger partial charge on any atom is -0.376 e. The number of nitrogens with one attached hydrogen (secondary N) is 2. The summed E-state index contributed by atoms with van der Waals surface area (Å²) in [5, 5.41) is 6.07. The van der Waals surface area contributed by atoms with Crippen molar-refractivity contribution in [2.75, 3.05) is 29.9 Å². The van der Waals surface area contributed by atoms with Gasteiger partial charge in [0.15, 0.2) is 0 Å². The van der Waals surface area contributed by atoms with Crippen LogP contribution in [0.25, 0.3) is 0 Å². The molecule has 4 rings (SSSR count). The van der Waals surface area contributed by atoms with E-state index in [9.17, 15) is 14.4 Å². The van der Waals surface area contributed by atoms with E-state index in [4.69, 9.17) is 0 Å². The van der Waals surface area contributed by atoms with Crippen molar-refractivity contribution in [3.05, 3.63) is 91.7 Å². The summed E-state index contributed by atoms with van der Waals surface area (Å²) in [5.41, 5.74) is 2.96. The van der Waals surface area contributed by atoms with Crippen molar-refractivity contribution in [3.8, 4) is 0 Å². The van der Waals surface area contributed by atoms with Gasteiger partial charge in [0.2, 0.25) is 0 Å². The van der Waals surface area contributed by atoms with E-state index in [2.05, 4.69) is 22.8 Å². The summed E-state index contributed by atoms with van der Waals surface area (Å²) in [5.74, 6) is -0.0913. The van der Waals surface area contributed by atoms with Crippen molar-refractivity contribution in [1.82, 2.24) is 5.32 Å². The van der Waals surface area contributed by atoms with Gasteiger partial charge in [0.1, 0.15) is 11.4 Å². The Morgan fingerprint density at radius 3 is 2.29 bits per heavy atom. The Bertz CT molecular complexity index is 1090. The number of nitrogens with zero attached hydrogens (tertiary/aromatic N) is 1. The number of anilines is 2. The predicted molar refractivity (Wildman–Crippen MR) is 124 cm³/mol. The fraction of sp³-hybridized carbons (Fsp3) is 0.320. The zero-order valence-electron chi connectivity index (χ0n) is 17.5. The van der Waals surface area contributed by atoms with E-state index in [0.29, 0.717) is 30.0 Å². The largest absolute Gasteiger partial charge is 0.376 e. The minimum atomic E-state index is -0.437. The third kappa shape index (κ3) is 4.85. The predicted octanol–water partition coefficient (Wildman–Crippen LogP) is 2.86. The second-order valence-corrected chi connectivity index (χ2v) is 7.97. The molecule has 1 aliphatic heterocycles. The summed E-state index contributed by atoms with van der Waals surface area (Å²) in [6, 6.07) is 17.5. The van der Waals surface area contributed by atoms with Crippen LogP contribution in [-0.2, 0) is 13.0 Å². The van der Waals surface area contributed by atoms with E-state index in [1.165, 1.54) is 5.56 Å². The van der Waals surface area contributed by atoms with Gasteiger partial charge in [-0.15, -0.1) is 0 Å². The molecule has 31 heavy (non-hydrogen) atoms. The van der Waals surface area contributed by atoms with Crippen molar-refractivity contribution >= 4 is 17.3 Å². The number of benzene rings is 2. The molecule has 0 atom stereocenters. The molecular weight excluding hydrogens is 390 g/mol. The van der Waals surface area contributed by atoms with Gasteiger partial charge >= 0.3 is 0 Å². The van der Waals surface area contributed by atoms with Crippen LogP contribution in [0.2, 0.25) is 0 Å². The van der Waals surface area contributed by atoms with Crippen LogP contribution < -0.4 is 26.4 Å². The Labute approximate surface area is 181 Å². The molecule has 0 bridgehead atoms. The van der Waals surface area contributed by atoms with Gasteiger partial charge < -0.3 is 15.5 Å². The highest BCUT2D eigenvalue weighted by molar-refractivity contribution is 5.94. The van der Waals surface area contributed by atoms with Crippen LogP contribution in [0.5, 0.6) is 0 Å². The zero-order valence-corrected chi connectivity index (χ0v) is 17.5. The van der Waals surface area contributed by atoms with Gasteiger partial charge in [-0.25, -0.2) is 0 Å². The van der Waals surface area contributed by atoms with Crippen LogP contribution in [0.3, 0.4) is 0 Å². The molecule has 3 aromatic rings. The van der Waals surface area contributed by atoms with E-state index < -0.39 is 5.43 Å². The molecule has 1 aliphatic rings. The van der Waals surface area contributed by atoms with Gasteiger partial charge in [0.05, 0.1) is 0 Å². The number of hydrogen-bond donors (Lipinski definition) is 2. The zero-order chi connectivity index (χ0) is 21.6. The third-order valence-electron chi connectivity index (χ3n) is 5.76. The summed E-state index contributed by atoms with van der Waals surface area (Å²) in [7, 11) is 0. The van der Waals surface area contributed by atoms with Crippen molar-refractivity contribution in [2.45, 2.75) is 32.2 Å². The van der Waals surface area contributed by atoms with Crippen LogP contribution in [0.1, 0.15) is 40.7 Å². The highest BCUT2D eigenvalue weighted by Gasteiger charge is 2.27. The van der Waals surface area contributed by atoms with Crippen LogP contribution >= 0.6 is 0 Å². The molecule has 0 aliphatic carbocycles. The van der Waals surface area contributed by atoms with Crippen LogP contribution in [0, 0.1) is 0 Å². The average Bonchev–Trinajstić information content (AvgIpc) is 3.33. The quantitative estimate of drug-likeness (QED) is 0.414. The molecule has 0 saturated carbocycles. The molecular formula is C25H27N3O3. The van der Waals surface area contributed by atoms with E-state index in [1.54, 1.807) is 12.1 Å². The Hall–Kier alpha value is -3.41. The molecule has 1 heterocycles. The lowest BCUT2D eigenvalue weighted by Crippen LogP contribution is -2.41. The van der Waals surface area contributed by atoms with Crippen molar-refractivity contribution in [2.24, 2.45) is 0 Å². The van der Waals surface area contributed by atoms with E-state index >= 15 is 0 Å². The van der Waals surface area contributed by atoms with Gasteiger partial charge in [-0.2, -0.15) is 0 Å². The highest BCUT2D eigenvalue weighted by atomic mass is 16.2. The first kappa shape index (κ1) is 20.8. The third-order valence-corrected chi connectivity index (χ3v) is 5.76. The summed E-state index contributed by atoms with van der Waals surface area (Å²) >= 11 is 0. The fourth-order valence-electron chi connectivity index (χ4n) is 3.99. The molecule has 0 spiro atoms. The van der Waals surface area contributed by atoms with Gasteiger partial charge in [-0.05, 0) is 48.9 Å². The highest BCUT2D eigenvalue weighted by Crippen LogP contribution is 2.24. The lowest BCUT2D eigenvalue weighted by atomic mass is 10.1. The molecule has 0 unspecified atom stereocenters. The SMILES string of the molecule is O=C(NCCCc1ccccc1)c1ccc(CNc2c(N3CCCC3)c(=O)c2=O)cc1. The van der Waals surface area contributed by atoms with Crippen LogP contribution in [0.4, 0.5) is 11.4 Å². The Morgan fingerprint density at radius 2 is 1.58 bits per heavy atom. The van der Waals surface area contributed by atoms with Crippen molar-refractivity contribution in [1.29, 1.82) is 0 Å². The fourth-order valence-corrected chi connectivity index (χ4v) is 3.99. The molecule has 6 nitrogen and oxygen atoms in total. The summed E-state index contributed by atoms with van der Waals surface area (Å²) < 4.78 is 0. The van der Waals surface area contributed by atoms with Gasteiger partial charge in [-0.3, -0.25) is 14.4 Å². The maximum Gasteiger partial charge on any atom is 0.253 e. The van der Waals surface area contributed by atoms with E-state index in [-0.39, 0.29) is 11.3 Å². The molecule has 2 N–H and O–H groups in total. The minimum absolute atomic E-state index is 0.0913. The van der Waals surface area contributed by atoms with Crippen molar-refractivity contribution < 1.29 is 4.79 Å². The molecule has 0 radical (unpaired) electrons. The average molecular weight is 418 g/mol. The lowest BCUT2D eigenvalue weighted by Gasteiger charge is -2.22. The molecule has 160 valence electrons. The summed E-state index contributed by atoms with van der Waals surface area (Å²) in [6.45, 7) is 2.72. The maximum atomic E-state index is 12.3. The number of carbonyl (C=O) groups is 1. The standard InChI is InChI=1S/C25H27N3O3/c29-23-21(22(24(23)30)28-15-4-5-16-28)27-17-19-10-12-20(13-11-19)25(31)26-14-6-9-18-7-2-1-3-8-18/h1-3,7-8,10-13,27H,4-6,9,14-17H2,(H,26,31). The molecule has 1 fully saturated rings. The maximum absolute atomic E-state index is 12.3. The molecule has 1 saturated heterocycles. The van der Waals surface area contributed by atoms with E-state index in [0.717, 1.165) is 44.3 Å². The first-order chi connectivity index (χ1) is 15.1. The second kappa shape index (κ2) is 9.60. The summed E-state index contributed by atoms with van der Waals surface area (Å²) in [4.78, 5) is 38.2. The van der Waals surface area contributed by atoms with Crippen LogP contribution in [-0.4, -0.2) is 25.5 Å². The van der Waals surface area contributed by atoms with Crippen LogP contribution in [0.15, 0.2) is 64.2 Å². The smallest absolute Gasteiger partial charge is 0.253 e. The number of hydrogen-bond acceptors (Lipinski definition) is 5. The second-order valence-electron chi connectivity index (χ2n) is 7.97. The monoisotopic (exact) mass is 417 g/mol. The number of rotatable bonds is 9. The van der Waals surface area contributed by atoms with Crippen molar-refractivity contribution in [3.63, 3.8) is 0 Å². The first-order valence-electron chi connectivity index (χ1n) is 10.9. The number of amides is 1. The number of carbonyl (C=O) groups excluding carboxylic acids is 1. The molecule has 1 amide bonds. The molecule has 3 aromatic carbocycles. The Balaban J connectivity index is 1.26. The molecule has 0 aromatic heterocycles. The van der Waals surface area contributed by atoms with Gasteiger partial charge in [-0.1, -0.05) is 42.5 Å². The molecule has 6 heteroatoms. The number of aryl methyl sites for hydroxylation is 1. The lowest BCUT2D eigenvalue weighted by molar-refractivity contribution is 0.0953. The normalized spacial score (nSPS) is 13.5. The summed E-state index contributed by atoms with van der Waals surface area (Å²) in [6.07, 6.45) is 3.92. The Kier molecular flexibility index (Phi) is 6.46. The van der Waals surface area contributed by atoms with Gasteiger partial charge in [0.25, 0.3) is 16.8 Å².